The first-order valence-electron chi connectivity index (χ1n) is 6.64. The summed E-state index contributed by atoms with van der Waals surface area (Å²) in [7, 11) is 0. The number of hydrogen-bond donors (Lipinski definition) is 0. The van der Waals surface area contributed by atoms with Crippen LogP contribution in [0.5, 0.6) is 0 Å². The quantitative estimate of drug-likeness (QED) is 0.727. The molecular weight excluding hydrogens is 203 g/mol. The van der Waals surface area contributed by atoms with Gasteiger partial charge in [-0.3, -0.25) is 4.90 Å². The molecule has 1 unspecified atom stereocenters. The average molecular weight is 228 g/mol. The molecule has 0 aromatic rings. The molecule has 2 nitrogen and oxygen atoms in total. The van der Waals surface area contributed by atoms with Crippen LogP contribution in [0.1, 0.15) is 33.6 Å². The number of halogens is 1. The van der Waals surface area contributed by atoms with E-state index in [1.807, 2.05) is 0 Å². The molecule has 0 radical (unpaired) electrons. The summed E-state index contributed by atoms with van der Waals surface area (Å²) in [5.74, 6) is 0. The maximum atomic E-state index is 12.8. The maximum Gasteiger partial charge on any atom is 0.105 e. The van der Waals surface area contributed by atoms with E-state index in [-0.39, 0.29) is 12.7 Å². The van der Waals surface area contributed by atoms with E-state index in [9.17, 15) is 4.39 Å². The average Bonchev–Trinajstić information content (AvgIpc) is 2.64. The molecule has 3 heteroatoms. The maximum absolute atomic E-state index is 12.8. The number of hydrogen-bond acceptors (Lipinski definition) is 2. The van der Waals surface area contributed by atoms with Crippen molar-refractivity contribution in [1.29, 1.82) is 0 Å². The predicted molar refractivity (Wildman–Crippen MR) is 65.4 cm³/mol. The van der Waals surface area contributed by atoms with Gasteiger partial charge >= 0.3 is 0 Å². The molecule has 2 saturated heterocycles. The molecule has 0 bridgehead atoms. The highest BCUT2D eigenvalue weighted by molar-refractivity contribution is 5.03. The summed E-state index contributed by atoms with van der Waals surface area (Å²) in [6.07, 6.45) is 2.25. The molecule has 16 heavy (non-hydrogen) atoms. The summed E-state index contributed by atoms with van der Waals surface area (Å²) in [6.45, 7) is 11.2. The summed E-state index contributed by atoms with van der Waals surface area (Å²) in [4.78, 5) is 4.90. The zero-order valence-electron chi connectivity index (χ0n) is 10.9. The molecule has 1 spiro atoms. The van der Waals surface area contributed by atoms with Crippen LogP contribution in [0.15, 0.2) is 0 Å². The van der Waals surface area contributed by atoms with Gasteiger partial charge in [-0.25, -0.2) is 4.39 Å². The van der Waals surface area contributed by atoms with Crippen LogP contribution in [0, 0.1) is 5.41 Å². The molecule has 94 valence electrons. The van der Waals surface area contributed by atoms with E-state index in [2.05, 4.69) is 30.6 Å². The van der Waals surface area contributed by atoms with Crippen molar-refractivity contribution < 1.29 is 4.39 Å². The third kappa shape index (κ3) is 2.12. The largest absolute Gasteiger partial charge is 0.300 e. The zero-order valence-corrected chi connectivity index (χ0v) is 10.9. The Balaban J connectivity index is 1.83. The Labute approximate surface area is 98.8 Å². The van der Waals surface area contributed by atoms with Crippen molar-refractivity contribution in [3.63, 3.8) is 0 Å². The van der Waals surface area contributed by atoms with Crippen LogP contribution >= 0.6 is 0 Å². The van der Waals surface area contributed by atoms with Gasteiger partial charge in [0.15, 0.2) is 0 Å². The van der Waals surface area contributed by atoms with E-state index in [0.29, 0.717) is 11.5 Å². The van der Waals surface area contributed by atoms with E-state index in [4.69, 9.17) is 0 Å². The summed E-state index contributed by atoms with van der Waals surface area (Å²) >= 11 is 0. The van der Waals surface area contributed by atoms with Gasteiger partial charge in [-0.1, -0.05) is 6.92 Å². The summed E-state index contributed by atoms with van der Waals surface area (Å²) < 4.78 is 12.8. The fraction of sp³-hybridized carbons (Fsp3) is 1.00. The van der Waals surface area contributed by atoms with Crippen LogP contribution in [0.3, 0.4) is 0 Å². The monoisotopic (exact) mass is 228 g/mol. The Bertz CT molecular complexity index is 232. The van der Waals surface area contributed by atoms with Crippen molar-refractivity contribution in [3.8, 4) is 0 Å². The third-order valence-electron chi connectivity index (χ3n) is 4.44. The molecule has 2 aliphatic rings. The first-order valence-corrected chi connectivity index (χ1v) is 6.64. The highest BCUT2D eigenvalue weighted by atomic mass is 19.1. The van der Waals surface area contributed by atoms with Crippen LogP contribution in [0.2, 0.25) is 0 Å². The summed E-state index contributed by atoms with van der Waals surface area (Å²) in [5, 5.41) is 0. The normalized spacial score (nSPS) is 27.6. The molecule has 1 atom stereocenters. The van der Waals surface area contributed by atoms with Crippen molar-refractivity contribution >= 4 is 0 Å². The number of likely N-dealkylation sites (tertiary alicyclic amines) is 2. The Morgan fingerprint density at radius 3 is 2.25 bits per heavy atom. The van der Waals surface area contributed by atoms with Crippen LogP contribution in [0.25, 0.3) is 0 Å². The van der Waals surface area contributed by atoms with E-state index in [1.165, 1.54) is 19.5 Å². The van der Waals surface area contributed by atoms with Gasteiger partial charge in [-0.2, -0.15) is 0 Å². The van der Waals surface area contributed by atoms with Gasteiger partial charge in [0.1, 0.15) is 6.67 Å². The van der Waals surface area contributed by atoms with Crippen LogP contribution in [0.4, 0.5) is 4.39 Å². The second-order valence-electron chi connectivity index (χ2n) is 5.94. The fourth-order valence-electron chi connectivity index (χ4n) is 3.21. The summed E-state index contributed by atoms with van der Waals surface area (Å²) in [5.41, 5.74) is 0.507. The SMILES string of the molecule is CCC(CF)N1CC2(CCN(C(C)C)C2)C1. The smallest absolute Gasteiger partial charge is 0.105 e. The van der Waals surface area contributed by atoms with Gasteiger partial charge < -0.3 is 4.90 Å². The van der Waals surface area contributed by atoms with Crippen molar-refractivity contribution in [2.75, 3.05) is 32.9 Å². The van der Waals surface area contributed by atoms with Crippen molar-refractivity contribution in [3.05, 3.63) is 0 Å². The lowest BCUT2D eigenvalue weighted by Gasteiger charge is -2.51. The molecule has 2 aliphatic heterocycles. The molecule has 0 aromatic heterocycles. The van der Waals surface area contributed by atoms with Crippen molar-refractivity contribution in [2.24, 2.45) is 5.41 Å². The minimum Gasteiger partial charge on any atom is -0.300 e. The van der Waals surface area contributed by atoms with E-state index < -0.39 is 0 Å². The van der Waals surface area contributed by atoms with Crippen LogP contribution in [-0.2, 0) is 0 Å². The van der Waals surface area contributed by atoms with E-state index in [0.717, 1.165) is 19.5 Å². The van der Waals surface area contributed by atoms with Crippen LogP contribution in [-0.4, -0.2) is 54.7 Å². The Hall–Kier alpha value is -0.150. The summed E-state index contributed by atoms with van der Waals surface area (Å²) in [6, 6.07) is 0.843. The minimum atomic E-state index is -0.180. The third-order valence-corrected chi connectivity index (χ3v) is 4.44. The van der Waals surface area contributed by atoms with Gasteiger partial charge in [-0.15, -0.1) is 0 Å². The van der Waals surface area contributed by atoms with Gasteiger partial charge in [-0.05, 0) is 33.2 Å². The standard InChI is InChI=1S/C13H25FN2/c1-4-12(7-14)16-9-13(10-16)5-6-15(8-13)11(2)3/h11-12H,4-10H2,1-3H3. The molecule has 2 rings (SSSR count). The van der Waals surface area contributed by atoms with E-state index >= 15 is 0 Å². The highest BCUT2D eigenvalue weighted by Gasteiger charge is 2.49. The highest BCUT2D eigenvalue weighted by Crippen LogP contribution is 2.41. The Morgan fingerprint density at radius 1 is 1.19 bits per heavy atom. The molecule has 0 N–H and O–H groups in total. The van der Waals surface area contributed by atoms with Crippen molar-refractivity contribution in [1.82, 2.24) is 9.80 Å². The topological polar surface area (TPSA) is 6.48 Å². The fourth-order valence-corrected chi connectivity index (χ4v) is 3.21. The Morgan fingerprint density at radius 2 is 1.81 bits per heavy atom. The van der Waals surface area contributed by atoms with E-state index in [1.54, 1.807) is 0 Å². The Kier molecular flexibility index (Phi) is 3.55. The number of nitrogens with zero attached hydrogens (tertiary/aromatic N) is 2. The lowest BCUT2D eigenvalue weighted by molar-refractivity contribution is -0.0330. The molecular formula is C13H25FN2. The lowest BCUT2D eigenvalue weighted by Crippen LogP contribution is -2.61. The van der Waals surface area contributed by atoms with Gasteiger partial charge in [0, 0.05) is 37.1 Å². The zero-order chi connectivity index (χ0) is 11.8. The lowest BCUT2D eigenvalue weighted by atomic mass is 9.78. The first-order chi connectivity index (χ1) is 7.60. The molecule has 0 aromatic carbocycles. The van der Waals surface area contributed by atoms with Gasteiger partial charge in [0.2, 0.25) is 0 Å². The predicted octanol–water partition coefficient (Wildman–Crippen LogP) is 2.15. The molecule has 2 heterocycles. The molecule has 0 amide bonds. The second kappa shape index (κ2) is 4.61. The van der Waals surface area contributed by atoms with Gasteiger partial charge in [0.25, 0.3) is 0 Å². The van der Waals surface area contributed by atoms with Crippen LogP contribution < -0.4 is 0 Å². The minimum absolute atomic E-state index is 0.179. The van der Waals surface area contributed by atoms with Crippen molar-refractivity contribution in [2.45, 2.75) is 45.7 Å². The number of alkyl halides is 1. The number of rotatable bonds is 4. The van der Waals surface area contributed by atoms with Gasteiger partial charge in [0.05, 0.1) is 0 Å². The molecule has 0 aliphatic carbocycles. The second-order valence-corrected chi connectivity index (χ2v) is 5.94. The first kappa shape index (κ1) is 12.3. The molecule has 0 saturated carbocycles. The molecule has 2 fully saturated rings.